The van der Waals surface area contributed by atoms with Gasteiger partial charge in [0.15, 0.2) is 11.5 Å². The average molecular weight is 527 g/mol. The van der Waals surface area contributed by atoms with E-state index in [1.807, 2.05) is 0 Å². The highest BCUT2D eigenvalue weighted by molar-refractivity contribution is 7.13. The number of rotatable bonds is 5. The van der Waals surface area contributed by atoms with Crippen LogP contribution in [0.2, 0.25) is 10.0 Å². The third-order valence-electron chi connectivity index (χ3n) is 4.52. The summed E-state index contributed by atoms with van der Waals surface area (Å²) in [6, 6.07) is 9.50. The second-order valence-corrected chi connectivity index (χ2v) is 8.43. The van der Waals surface area contributed by atoms with Gasteiger partial charge in [0, 0.05) is 22.8 Å². The Hall–Kier alpha value is -3.21. The van der Waals surface area contributed by atoms with Crippen molar-refractivity contribution in [1.29, 1.82) is 0 Å². The first kappa shape index (κ1) is 23.9. The number of halogens is 6. The van der Waals surface area contributed by atoms with Crippen LogP contribution in [0.3, 0.4) is 0 Å². The molecule has 0 saturated carbocycles. The van der Waals surface area contributed by atoms with Gasteiger partial charge in [-0.1, -0.05) is 40.5 Å². The van der Waals surface area contributed by atoms with E-state index in [1.165, 1.54) is 42.6 Å². The number of aliphatic imine (C=N–C) groups is 1. The molecule has 0 bridgehead atoms. The van der Waals surface area contributed by atoms with Gasteiger partial charge >= 0.3 is 6.18 Å². The predicted octanol–water partition coefficient (Wildman–Crippen LogP) is 7.55. The third kappa shape index (κ3) is 4.70. The summed E-state index contributed by atoms with van der Waals surface area (Å²) in [5, 5.41) is 5.84. The highest BCUT2D eigenvalue weighted by Crippen LogP contribution is 2.43. The molecule has 2 N–H and O–H groups in total. The molecule has 0 aliphatic heterocycles. The summed E-state index contributed by atoms with van der Waals surface area (Å²) in [5.74, 6) is -1.14. The standard InChI is InChI=1S/C22H12Cl2F4N4OS/c23-11-3-1-4-12(9-11)31-20(22(26,27)28)13(10-29)19-17(21-30-7-8-34-21)18(32-33-19)16-14(24)5-2-6-15(16)25/h1-10H,29H2/b13-10-,31-20?. The van der Waals surface area contributed by atoms with Gasteiger partial charge in [-0.15, -0.1) is 11.3 Å². The van der Waals surface area contributed by atoms with Crippen LogP contribution in [-0.4, -0.2) is 22.0 Å². The maximum atomic E-state index is 14.7. The summed E-state index contributed by atoms with van der Waals surface area (Å²) in [4.78, 5) is 7.88. The summed E-state index contributed by atoms with van der Waals surface area (Å²) in [6.07, 6.45) is -2.82. The molecule has 0 saturated heterocycles. The Morgan fingerprint density at radius 3 is 2.50 bits per heavy atom. The summed E-state index contributed by atoms with van der Waals surface area (Å²) < 4.78 is 62.4. The summed E-state index contributed by atoms with van der Waals surface area (Å²) in [7, 11) is 0. The van der Waals surface area contributed by atoms with Gasteiger partial charge < -0.3 is 10.3 Å². The lowest BCUT2D eigenvalue weighted by Crippen LogP contribution is -2.25. The van der Waals surface area contributed by atoms with E-state index < -0.39 is 29.0 Å². The molecule has 0 fully saturated rings. The number of nitrogens with two attached hydrogens (primary N) is 1. The van der Waals surface area contributed by atoms with Gasteiger partial charge in [-0.05, 0) is 30.3 Å². The Labute approximate surface area is 204 Å². The van der Waals surface area contributed by atoms with Crippen LogP contribution in [0, 0.1) is 5.82 Å². The molecule has 2 heterocycles. The van der Waals surface area contributed by atoms with Crippen LogP contribution in [0.15, 0.2) is 69.8 Å². The first-order valence-corrected chi connectivity index (χ1v) is 11.0. The molecule has 174 valence electrons. The smallest absolute Gasteiger partial charge is 0.404 e. The van der Waals surface area contributed by atoms with Crippen molar-refractivity contribution in [1.82, 2.24) is 10.1 Å². The normalized spacial score (nSPS) is 12.9. The molecular formula is C22H12Cl2F4N4OS. The zero-order chi connectivity index (χ0) is 24.5. The SMILES string of the molecule is N/C=C(\C(=Nc1cccc(Cl)c1)C(F)(F)F)c1onc(-c2c(F)cccc2Cl)c1-c1nccs1. The maximum Gasteiger partial charge on any atom is 0.434 e. The summed E-state index contributed by atoms with van der Waals surface area (Å²) in [5.41, 5.74) is 3.30. The van der Waals surface area contributed by atoms with Gasteiger partial charge in [0.2, 0.25) is 0 Å². The fraction of sp³-hybridized carbons (Fsp3) is 0.0455. The average Bonchev–Trinajstić information content (AvgIpc) is 3.43. The lowest BCUT2D eigenvalue weighted by Gasteiger charge is -2.13. The number of benzene rings is 2. The molecule has 12 heteroatoms. The molecule has 0 atom stereocenters. The molecule has 5 nitrogen and oxygen atoms in total. The van der Waals surface area contributed by atoms with Crippen molar-refractivity contribution in [2.75, 3.05) is 0 Å². The van der Waals surface area contributed by atoms with Crippen LogP contribution in [-0.2, 0) is 0 Å². The minimum absolute atomic E-state index is 0.0123. The summed E-state index contributed by atoms with van der Waals surface area (Å²) in [6.45, 7) is 0. The Bertz CT molecular complexity index is 1380. The topological polar surface area (TPSA) is 77.3 Å². The van der Waals surface area contributed by atoms with Crippen LogP contribution >= 0.6 is 34.5 Å². The van der Waals surface area contributed by atoms with Crippen LogP contribution in [0.4, 0.5) is 23.2 Å². The molecule has 34 heavy (non-hydrogen) atoms. The van der Waals surface area contributed by atoms with Crippen molar-refractivity contribution in [3.05, 3.63) is 81.9 Å². The van der Waals surface area contributed by atoms with E-state index in [2.05, 4.69) is 15.1 Å². The zero-order valence-electron chi connectivity index (χ0n) is 16.8. The summed E-state index contributed by atoms with van der Waals surface area (Å²) >= 11 is 13.2. The molecule has 0 spiro atoms. The predicted molar refractivity (Wildman–Crippen MR) is 125 cm³/mol. The van der Waals surface area contributed by atoms with Crippen molar-refractivity contribution in [2.24, 2.45) is 10.7 Å². The Morgan fingerprint density at radius 2 is 1.88 bits per heavy atom. The minimum atomic E-state index is -4.95. The van der Waals surface area contributed by atoms with E-state index >= 15 is 0 Å². The van der Waals surface area contributed by atoms with Gasteiger partial charge in [-0.3, -0.25) is 0 Å². The van der Waals surface area contributed by atoms with Crippen LogP contribution in [0.5, 0.6) is 0 Å². The number of nitrogens with zero attached hydrogens (tertiary/aromatic N) is 3. The van der Waals surface area contributed by atoms with Crippen LogP contribution in [0.1, 0.15) is 5.76 Å². The number of hydrogen-bond acceptors (Lipinski definition) is 6. The van der Waals surface area contributed by atoms with Gasteiger partial charge in [-0.2, -0.15) is 13.2 Å². The van der Waals surface area contributed by atoms with E-state index in [9.17, 15) is 17.6 Å². The first-order valence-electron chi connectivity index (χ1n) is 9.38. The molecule has 0 radical (unpaired) electrons. The van der Waals surface area contributed by atoms with Gasteiger partial charge in [0.1, 0.15) is 16.5 Å². The van der Waals surface area contributed by atoms with Crippen molar-refractivity contribution >= 4 is 51.5 Å². The van der Waals surface area contributed by atoms with E-state index in [0.717, 1.165) is 17.4 Å². The molecule has 0 amide bonds. The van der Waals surface area contributed by atoms with Gasteiger partial charge in [-0.25, -0.2) is 14.4 Å². The Balaban J connectivity index is 1.98. The van der Waals surface area contributed by atoms with Crippen LogP contribution < -0.4 is 5.73 Å². The van der Waals surface area contributed by atoms with Crippen molar-refractivity contribution in [3.63, 3.8) is 0 Å². The zero-order valence-corrected chi connectivity index (χ0v) is 19.1. The minimum Gasteiger partial charge on any atom is -0.404 e. The molecule has 4 aromatic rings. The fourth-order valence-electron chi connectivity index (χ4n) is 3.13. The van der Waals surface area contributed by atoms with Crippen molar-refractivity contribution in [2.45, 2.75) is 6.18 Å². The Kier molecular flexibility index (Phi) is 6.74. The lowest BCUT2D eigenvalue weighted by atomic mass is 9.99. The number of thiazole rings is 1. The monoisotopic (exact) mass is 526 g/mol. The molecule has 0 aliphatic rings. The quantitative estimate of drug-likeness (QED) is 0.215. The highest BCUT2D eigenvalue weighted by atomic mass is 35.5. The molecule has 0 aliphatic carbocycles. The number of alkyl halides is 3. The van der Waals surface area contributed by atoms with Gasteiger partial charge in [0.05, 0.1) is 27.4 Å². The maximum absolute atomic E-state index is 14.7. The second-order valence-electron chi connectivity index (χ2n) is 6.69. The number of hydrogen-bond donors (Lipinski definition) is 1. The lowest BCUT2D eigenvalue weighted by molar-refractivity contribution is -0.0571. The molecule has 4 rings (SSSR count). The van der Waals surface area contributed by atoms with Crippen molar-refractivity contribution < 1.29 is 22.1 Å². The van der Waals surface area contributed by atoms with Crippen molar-refractivity contribution in [3.8, 4) is 21.8 Å². The Morgan fingerprint density at radius 1 is 1.12 bits per heavy atom. The third-order valence-corrected chi connectivity index (χ3v) is 5.86. The first-order chi connectivity index (χ1) is 16.2. The molecule has 0 unspecified atom stereocenters. The van der Waals surface area contributed by atoms with E-state index in [4.69, 9.17) is 33.5 Å². The second kappa shape index (κ2) is 9.57. The highest BCUT2D eigenvalue weighted by Gasteiger charge is 2.41. The molecular weight excluding hydrogens is 515 g/mol. The molecule has 2 aromatic heterocycles. The van der Waals surface area contributed by atoms with E-state index in [-0.39, 0.29) is 37.6 Å². The van der Waals surface area contributed by atoms with E-state index in [0.29, 0.717) is 6.20 Å². The van der Waals surface area contributed by atoms with Gasteiger partial charge in [0.25, 0.3) is 0 Å². The van der Waals surface area contributed by atoms with Crippen LogP contribution in [0.25, 0.3) is 27.4 Å². The largest absolute Gasteiger partial charge is 0.434 e. The van der Waals surface area contributed by atoms with E-state index in [1.54, 1.807) is 5.38 Å². The molecule has 2 aromatic carbocycles. The fourth-order valence-corrected chi connectivity index (χ4v) is 4.24. The number of aromatic nitrogens is 2. The number of allylic oxidation sites excluding steroid dienone is 1.